The fraction of sp³-hybridized carbons (Fsp3) is 0.0714. The molecule has 0 amide bonds. The van der Waals surface area contributed by atoms with Crippen LogP contribution in [0.15, 0.2) is 58.1 Å². The number of hydrazone groups is 1. The van der Waals surface area contributed by atoms with Crippen LogP contribution in [0.3, 0.4) is 0 Å². The molecule has 0 aliphatic heterocycles. The second kappa shape index (κ2) is 7.00. The van der Waals surface area contributed by atoms with E-state index in [-0.39, 0.29) is 5.75 Å². The third kappa shape index (κ3) is 4.31. The maximum Gasteiger partial charge on any atom is 0.387 e. The summed E-state index contributed by atoms with van der Waals surface area (Å²) in [6, 6.07) is 14.0. The molecule has 0 saturated heterocycles. The Morgan fingerprint density at radius 1 is 1.15 bits per heavy atom. The Bertz CT molecular complexity index is 591. The number of nitrogens with zero attached hydrogens (tertiary/aromatic N) is 1. The molecule has 0 spiro atoms. The van der Waals surface area contributed by atoms with E-state index in [1.165, 1.54) is 12.3 Å². The number of benzene rings is 2. The van der Waals surface area contributed by atoms with Gasteiger partial charge in [0.15, 0.2) is 0 Å². The van der Waals surface area contributed by atoms with Crippen molar-refractivity contribution in [1.29, 1.82) is 0 Å². The van der Waals surface area contributed by atoms with Crippen molar-refractivity contribution in [1.82, 2.24) is 0 Å². The fourth-order valence-electron chi connectivity index (χ4n) is 1.51. The standard InChI is InChI=1S/C14H11BrF2N2O/c15-11-6-7-13(20-14(16)17)10(8-11)9-18-19-12-4-2-1-3-5-12/h1-9,14,19H. The molecule has 0 radical (unpaired) electrons. The molecule has 2 aromatic rings. The van der Waals surface area contributed by atoms with E-state index in [0.717, 1.165) is 10.2 Å². The lowest BCUT2D eigenvalue weighted by atomic mass is 10.2. The van der Waals surface area contributed by atoms with Gasteiger partial charge in [-0.2, -0.15) is 13.9 Å². The third-order valence-electron chi connectivity index (χ3n) is 2.36. The number of alkyl halides is 2. The Morgan fingerprint density at radius 3 is 2.60 bits per heavy atom. The normalized spacial score (nSPS) is 11.0. The summed E-state index contributed by atoms with van der Waals surface area (Å²) in [5, 5.41) is 4.00. The Balaban J connectivity index is 2.13. The lowest BCUT2D eigenvalue weighted by molar-refractivity contribution is -0.0499. The predicted molar refractivity (Wildman–Crippen MR) is 78.4 cm³/mol. The lowest BCUT2D eigenvalue weighted by Crippen LogP contribution is -2.04. The molecule has 0 heterocycles. The van der Waals surface area contributed by atoms with Gasteiger partial charge in [-0.25, -0.2) is 0 Å². The average molecular weight is 341 g/mol. The van der Waals surface area contributed by atoms with E-state index in [1.807, 2.05) is 30.3 Å². The molecule has 0 atom stereocenters. The number of hydrogen-bond acceptors (Lipinski definition) is 3. The highest BCUT2D eigenvalue weighted by Gasteiger charge is 2.08. The van der Waals surface area contributed by atoms with Gasteiger partial charge in [0, 0.05) is 10.0 Å². The van der Waals surface area contributed by atoms with Crippen molar-refractivity contribution in [3.63, 3.8) is 0 Å². The minimum absolute atomic E-state index is 0.0711. The Hall–Kier alpha value is -1.95. The van der Waals surface area contributed by atoms with Crippen LogP contribution in [0.5, 0.6) is 5.75 Å². The summed E-state index contributed by atoms with van der Waals surface area (Å²) in [5.74, 6) is 0.0711. The van der Waals surface area contributed by atoms with Crippen molar-refractivity contribution in [3.8, 4) is 5.75 Å². The molecule has 0 aromatic heterocycles. The molecular weight excluding hydrogens is 330 g/mol. The predicted octanol–water partition coefficient (Wildman–Crippen LogP) is 4.50. The molecular formula is C14H11BrF2N2O. The second-order valence-electron chi connectivity index (χ2n) is 3.80. The van der Waals surface area contributed by atoms with Crippen LogP contribution in [0.4, 0.5) is 14.5 Å². The Morgan fingerprint density at radius 2 is 1.90 bits per heavy atom. The quantitative estimate of drug-likeness (QED) is 0.642. The summed E-state index contributed by atoms with van der Waals surface area (Å²) in [5.41, 5.74) is 4.05. The highest BCUT2D eigenvalue weighted by Crippen LogP contribution is 2.23. The first-order valence-corrected chi connectivity index (χ1v) is 6.53. The molecule has 0 aliphatic carbocycles. The average Bonchev–Trinajstić information content (AvgIpc) is 2.42. The molecule has 1 N–H and O–H groups in total. The monoisotopic (exact) mass is 340 g/mol. The summed E-state index contributed by atoms with van der Waals surface area (Å²) in [7, 11) is 0. The van der Waals surface area contributed by atoms with Crippen molar-refractivity contribution >= 4 is 27.8 Å². The first-order valence-electron chi connectivity index (χ1n) is 5.73. The highest BCUT2D eigenvalue weighted by molar-refractivity contribution is 9.10. The Kier molecular flexibility index (Phi) is 5.06. The van der Waals surface area contributed by atoms with E-state index in [1.54, 1.807) is 12.1 Å². The molecule has 20 heavy (non-hydrogen) atoms. The van der Waals surface area contributed by atoms with Gasteiger partial charge in [-0.1, -0.05) is 34.1 Å². The van der Waals surface area contributed by atoms with E-state index < -0.39 is 6.61 Å². The summed E-state index contributed by atoms with van der Waals surface area (Å²) in [4.78, 5) is 0. The number of ether oxygens (including phenoxy) is 1. The zero-order chi connectivity index (χ0) is 14.4. The molecule has 2 aromatic carbocycles. The third-order valence-corrected chi connectivity index (χ3v) is 2.85. The van der Waals surface area contributed by atoms with Crippen molar-refractivity contribution in [2.24, 2.45) is 5.10 Å². The van der Waals surface area contributed by atoms with Crippen LogP contribution in [0.1, 0.15) is 5.56 Å². The largest absolute Gasteiger partial charge is 0.434 e. The van der Waals surface area contributed by atoms with Crippen molar-refractivity contribution in [2.45, 2.75) is 6.61 Å². The molecule has 6 heteroatoms. The molecule has 0 unspecified atom stereocenters. The zero-order valence-corrected chi connectivity index (χ0v) is 11.8. The van der Waals surface area contributed by atoms with Gasteiger partial charge in [-0.15, -0.1) is 0 Å². The lowest BCUT2D eigenvalue weighted by Gasteiger charge is -2.08. The number of hydrogen-bond donors (Lipinski definition) is 1. The summed E-state index contributed by atoms with van der Waals surface area (Å²) >= 11 is 3.27. The number of halogens is 3. The van der Waals surface area contributed by atoms with Gasteiger partial charge < -0.3 is 4.74 Å². The zero-order valence-electron chi connectivity index (χ0n) is 10.3. The van der Waals surface area contributed by atoms with Gasteiger partial charge in [-0.05, 0) is 30.3 Å². The number of para-hydroxylation sites is 1. The van der Waals surface area contributed by atoms with Gasteiger partial charge in [0.25, 0.3) is 0 Å². The number of nitrogens with one attached hydrogen (secondary N) is 1. The highest BCUT2D eigenvalue weighted by atomic mass is 79.9. The van der Waals surface area contributed by atoms with Crippen LogP contribution in [0, 0.1) is 0 Å². The maximum absolute atomic E-state index is 12.3. The van der Waals surface area contributed by atoms with Crippen LogP contribution >= 0.6 is 15.9 Å². The molecule has 0 fully saturated rings. The molecule has 0 bridgehead atoms. The van der Waals surface area contributed by atoms with E-state index in [4.69, 9.17) is 0 Å². The van der Waals surface area contributed by atoms with Crippen LogP contribution in [0.2, 0.25) is 0 Å². The first kappa shape index (κ1) is 14.5. The molecule has 0 aliphatic rings. The van der Waals surface area contributed by atoms with Crippen LogP contribution in [-0.2, 0) is 0 Å². The van der Waals surface area contributed by atoms with Crippen molar-refractivity contribution in [3.05, 3.63) is 58.6 Å². The van der Waals surface area contributed by atoms with Gasteiger partial charge in [0.1, 0.15) is 5.75 Å². The van der Waals surface area contributed by atoms with Crippen LogP contribution in [0.25, 0.3) is 0 Å². The van der Waals surface area contributed by atoms with Gasteiger partial charge in [0.05, 0.1) is 11.9 Å². The van der Waals surface area contributed by atoms with E-state index in [2.05, 4.69) is 31.2 Å². The summed E-state index contributed by atoms with van der Waals surface area (Å²) < 4.78 is 29.8. The molecule has 104 valence electrons. The molecule has 2 rings (SSSR count). The van der Waals surface area contributed by atoms with Gasteiger partial charge >= 0.3 is 6.61 Å². The maximum atomic E-state index is 12.3. The van der Waals surface area contributed by atoms with Gasteiger partial charge in [-0.3, -0.25) is 5.43 Å². The topological polar surface area (TPSA) is 33.6 Å². The number of anilines is 1. The minimum Gasteiger partial charge on any atom is -0.434 e. The molecule has 0 saturated carbocycles. The second-order valence-corrected chi connectivity index (χ2v) is 4.71. The minimum atomic E-state index is -2.87. The SMILES string of the molecule is FC(F)Oc1ccc(Br)cc1C=NNc1ccccc1. The van der Waals surface area contributed by atoms with E-state index >= 15 is 0 Å². The van der Waals surface area contributed by atoms with Gasteiger partial charge in [0.2, 0.25) is 0 Å². The summed E-state index contributed by atoms with van der Waals surface area (Å²) in [6.07, 6.45) is 1.43. The van der Waals surface area contributed by atoms with E-state index in [9.17, 15) is 8.78 Å². The van der Waals surface area contributed by atoms with Crippen LogP contribution in [-0.4, -0.2) is 12.8 Å². The Labute approximate surface area is 123 Å². The molecule has 3 nitrogen and oxygen atoms in total. The van der Waals surface area contributed by atoms with Crippen molar-refractivity contribution in [2.75, 3.05) is 5.43 Å². The number of rotatable bonds is 5. The fourth-order valence-corrected chi connectivity index (χ4v) is 1.89. The van der Waals surface area contributed by atoms with Crippen LogP contribution < -0.4 is 10.2 Å². The van der Waals surface area contributed by atoms with E-state index in [0.29, 0.717) is 5.56 Å². The smallest absolute Gasteiger partial charge is 0.387 e. The first-order chi connectivity index (χ1) is 9.65. The van der Waals surface area contributed by atoms with Crippen molar-refractivity contribution < 1.29 is 13.5 Å². The summed E-state index contributed by atoms with van der Waals surface area (Å²) in [6.45, 7) is -2.87.